The number of H-pyrrole nitrogens is 1. The van der Waals surface area contributed by atoms with Crippen LogP contribution < -0.4 is 5.56 Å². The van der Waals surface area contributed by atoms with Crippen molar-refractivity contribution >= 4 is 5.91 Å². The van der Waals surface area contributed by atoms with E-state index < -0.39 is 0 Å². The SMILES string of the molecule is CN1CC(CN2CCC(Cc3ccc(=O)[nH]c3)CC2)CCC1=O. The average molecular weight is 317 g/mol. The van der Waals surface area contributed by atoms with Crippen LogP contribution in [0, 0.1) is 11.8 Å². The molecule has 3 rings (SSSR count). The summed E-state index contributed by atoms with van der Waals surface area (Å²) in [6.07, 6.45) is 7.11. The van der Waals surface area contributed by atoms with Gasteiger partial charge in [-0.25, -0.2) is 0 Å². The number of aromatic nitrogens is 1. The molecule has 1 atom stereocenters. The average Bonchev–Trinajstić information content (AvgIpc) is 2.55. The molecule has 0 aromatic carbocycles. The molecule has 2 aliphatic heterocycles. The summed E-state index contributed by atoms with van der Waals surface area (Å²) in [6, 6.07) is 3.56. The highest BCUT2D eigenvalue weighted by Gasteiger charge is 2.26. The summed E-state index contributed by atoms with van der Waals surface area (Å²) in [5.74, 6) is 1.64. The van der Waals surface area contributed by atoms with E-state index in [0.717, 1.165) is 39.0 Å². The Bertz CT molecular complexity index is 570. The van der Waals surface area contributed by atoms with E-state index >= 15 is 0 Å². The summed E-state index contributed by atoms with van der Waals surface area (Å²) < 4.78 is 0. The lowest BCUT2D eigenvalue weighted by molar-refractivity contribution is -0.133. The lowest BCUT2D eigenvalue weighted by Crippen LogP contribution is -2.44. The zero-order valence-electron chi connectivity index (χ0n) is 14.0. The Morgan fingerprint density at radius 3 is 2.57 bits per heavy atom. The summed E-state index contributed by atoms with van der Waals surface area (Å²) >= 11 is 0. The van der Waals surface area contributed by atoms with Crippen LogP contribution in [-0.4, -0.2) is 53.9 Å². The Balaban J connectivity index is 1.42. The molecule has 2 aliphatic rings. The summed E-state index contributed by atoms with van der Waals surface area (Å²) in [5.41, 5.74) is 1.20. The molecular formula is C18H27N3O2. The molecule has 5 heteroatoms. The normalized spacial score (nSPS) is 24.1. The van der Waals surface area contributed by atoms with Gasteiger partial charge in [-0.15, -0.1) is 0 Å². The molecule has 5 nitrogen and oxygen atoms in total. The van der Waals surface area contributed by atoms with Crippen molar-refractivity contribution in [1.29, 1.82) is 0 Å². The molecule has 23 heavy (non-hydrogen) atoms. The van der Waals surface area contributed by atoms with Crippen molar-refractivity contribution in [2.75, 3.05) is 33.2 Å². The third-order valence-electron chi connectivity index (χ3n) is 5.32. The molecule has 1 amide bonds. The highest BCUT2D eigenvalue weighted by Crippen LogP contribution is 2.24. The first kappa shape index (κ1) is 16.2. The molecule has 2 fully saturated rings. The molecule has 0 saturated carbocycles. The predicted octanol–water partition coefficient (Wildman–Crippen LogP) is 1.50. The summed E-state index contributed by atoms with van der Waals surface area (Å²) in [7, 11) is 1.92. The van der Waals surface area contributed by atoms with Crippen LogP contribution in [0.4, 0.5) is 0 Å². The van der Waals surface area contributed by atoms with E-state index in [1.54, 1.807) is 6.07 Å². The lowest BCUT2D eigenvalue weighted by atomic mass is 9.89. The quantitative estimate of drug-likeness (QED) is 0.915. The zero-order chi connectivity index (χ0) is 16.2. The van der Waals surface area contributed by atoms with Gasteiger partial charge in [0.2, 0.25) is 11.5 Å². The van der Waals surface area contributed by atoms with E-state index in [0.29, 0.717) is 24.2 Å². The van der Waals surface area contributed by atoms with Gasteiger partial charge in [-0.2, -0.15) is 0 Å². The number of piperidine rings is 2. The Labute approximate surface area is 137 Å². The van der Waals surface area contributed by atoms with Gasteiger partial charge in [0.1, 0.15) is 0 Å². The maximum absolute atomic E-state index is 11.6. The fraction of sp³-hybridized carbons (Fsp3) is 0.667. The van der Waals surface area contributed by atoms with E-state index in [1.807, 2.05) is 24.2 Å². The van der Waals surface area contributed by atoms with Crippen LogP contribution in [-0.2, 0) is 11.2 Å². The molecular weight excluding hydrogens is 290 g/mol. The van der Waals surface area contributed by atoms with Crippen LogP contribution in [0.1, 0.15) is 31.2 Å². The molecule has 126 valence electrons. The van der Waals surface area contributed by atoms with Gasteiger partial charge in [-0.1, -0.05) is 6.07 Å². The molecule has 2 saturated heterocycles. The van der Waals surface area contributed by atoms with Crippen LogP contribution in [0.15, 0.2) is 23.1 Å². The minimum absolute atomic E-state index is 0.0282. The number of nitrogens with zero attached hydrogens (tertiary/aromatic N) is 2. The second-order valence-corrected chi connectivity index (χ2v) is 7.19. The van der Waals surface area contributed by atoms with Crippen molar-refractivity contribution in [2.24, 2.45) is 11.8 Å². The summed E-state index contributed by atoms with van der Waals surface area (Å²) in [6.45, 7) is 4.35. The maximum Gasteiger partial charge on any atom is 0.247 e. The first-order chi connectivity index (χ1) is 11.1. The van der Waals surface area contributed by atoms with E-state index in [4.69, 9.17) is 0 Å². The van der Waals surface area contributed by atoms with Crippen molar-refractivity contribution in [3.05, 3.63) is 34.2 Å². The third-order valence-corrected chi connectivity index (χ3v) is 5.32. The van der Waals surface area contributed by atoms with Gasteiger partial charge in [-0.3, -0.25) is 9.59 Å². The number of hydrogen-bond donors (Lipinski definition) is 1. The highest BCUT2D eigenvalue weighted by atomic mass is 16.2. The number of hydrogen-bond acceptors (Lipinski definition) is 3. The summed E-state index contributed by atoms with van der Waals surface area (Å²) in [4.78, 5) is 29.9. The number of amides is 1. The predicted molar refractivity (Wildman–Crippen MR) is 90.3 cm³/mol. The molecule has 1 aromatic rings. The van der Waals surface area contributed by atoms with E-state index in [2.05, 4.69) is 9.88 Å². The second kappa shape index (κ2) is 7.30. The number of carbonyl (C=O) groups excluding carboxylic acids is 1. The number of pyridine rings is 1. The van der Waals surface area contributed by atoms with Gasteiger partial charge in [0.05, 0.1) is 0 Å². The molecule has 0 radical (unpaired) electrons. The van der Waals surface area contributed by atoms with Gasteiger partial charge in [0, 0.05) is 38.8 Å². The lowest BCUT2D eigenvalue weighted by Gasteiger charge is -2.37. The molecule has 0 spiro atoms. The Morgan fingerprint density at radius 2 is 1.91 bits per heavy atom. The van der Waals surface area contributed by atoms with Crippen molar-refractivity contribution < 1.29 is 4.79 Å². The van der Waals surface area contributed by atoms with Crippen LogP contribution in [0.5, 0.6) is 0 Å². The monoisotopic (exact) mass is 317 g/mol. The van der Waals surface area contributed by atoms with Gasteiger partial charge >= 0.3 is 0 Å². The van der Waals surface area contributed by atoms with Crippen molar-refractivity contribution in [1.82, 2.24) is 14.8 Å². The Kier molecular flexibility index (Phi) is 5.16. The van der Waals surface area contributed by atoms with E-state index in [1.165, 1.54) is 18.4 Å². The topological polar surface area (TPSA) is 56.4 Å². The van der Waals surface area contributed by atoms with Gasteiger partial charge in [0.15, 0.2) is 0 Å². The minimum Gasteiger partial charge on any atom is -0.345 e. The Morgan fingerprint density at radius 1 is 1.13 bits per heavy atom. The fourth-order valence-corrected chi connectivity index (χ4v) is 3.89. The highest BCUT2D eigenvalue weighted by molar-refractivity contribution is 5.76. The van der Waals surface area contributed by atoms with E-state index in [9.17, 15) is 9.59 Å². The molecule has 1 unspecified atom stereocenters. The first-order valence-electron chi connectivity index (χ1n) is 8.74. The van der Waals surface area contributed by atoms with Crippen LogP contribution in [0.25, 0.3) is 0 Å². The standard InChI is InChI=1S/C18H27N3O2/c1-20-12-16(3-5-18(20)23)13-21-8-6-14(7-9-21)10-15-2-4-17(22)19-11-15/h2,4,11,14,16H,3,5-10,12-13H2,1H3,(H,19,22). The molecule has 1 N–H and O–H groups in total. The minimum atomic E-state index is -0.0282. The maximum atomic E-state index is 11.6. The summed E-state index contributed by atoms with van der Waals surface area (Å²) in [5, 5.41) is 0. The van der Waals surface area contributed by atoms with Gasteiger partial charge < -0.3 is 14.8 Å². The molecule has 3 heterocycles. The smallest absolute Gasteiger partial charge is 0.247 e. The zero-order valence-corrected chi connectivity index (χ0v) is 14.0. The number of carbonyl (C=O) groups is 1. The van der Waals surface area contributed by atoms with Gasteiger partial charge in [0.25, 0.3) is 0 Å². The first-order valence-corrected chi connectivity index (χ1v) is 8.74. The van der Waals surface area contributed by atoms with Crippen LogP contribution in [0.2, 0.25) is 0 Å². The van der Waals surface area contributed by atoms with Crippen molar-refractivity contribution in [2.45, 2.75) is 32.1 Å². The fourth-order valence-electron chi connectivity index (χ4n) is 3.89. The molecule has 0 bridgehead atoms. The Hall–Kier alpha value is -1.62. The number of likely N-dealkylation sites (tertiary alicyclic amines) is 2. The van der Waals surface area contributed by atoms with E-state index in [-0.39, 0.29) is 5.56 Å². The second-order valence-electron chi connectivity index (χ2n) is 7.19. The molecule has 0 aliphatic carbocycles. The third kappa shape index (κ3) is 4.44. The molecule has 1 aromatic heterocycles. The van der Waals surface area contributed by atoms with Crippen molar-refractivity contribution in [3.8, 4) is 0 Å². The van der Waals surface area contributed by atoms with Crippen LogP contribution >= 0.6 is 0 Å². The number of nitrogens with one attached hydrogen (secondary N) is 1. The largest absolute Gasteiger partial charge is 0.345 e. The van der Waals surface area contributed by atoms with Crippen molar-refractivity contribution in [3.63, 3.8) is 0 Å². The number of rotatable bonds is 4. The van der Waals surface area contributed by atoms with Gasteiger partial charge in [-0.05, 0) is 56.2 Å². The number of aromatic amines is 1. The van der Waals surface area contributed by atoms with Crippen LogP contribution in [0.3, 0.4) is 0 Å².